The molecule has 2 aromatic rings. The Labute approximate surface area is 159 Å². The van der Waals surface area contributed by atoms with E-state index in [2.05, 4.69) is 24.8 Å². The number of piperidine rings is 2. The van der Waals surface area contributed by atoms with Gasteiger partial charge in [0.25, 0.3) is 5.88 Å². The van der Waals surface area contributed by atoms with Gasteiger partial charge in [0.15, 0.2) is 5.82 Å². The molecule has 8 nitrogen and oxygen atoms in total. The highest BCUT2D eigenvalue weighted by atomic mass is 16.5. The SMILES string of the molecule is COc1nccnc1N1CCCC2(CCC(=O)N(CCc3cnc[nH]3)C2)C1. The van der Waals surface area contributed by atoms with Crippen LogP contribution in [0.4, 0.5) is 5.82 Å². The number of aromatic nitrogens is 4. The Morgan fingerprint density at radius 1 is 1.26 bits per heavy atom. The minimum atomic E-state index is 0.114. The van der Waals surface area contributed by atoms with Crippen LogP contribution in [0.15, 0.2) is 24.9 Å². The molecule has 4 heterocycles. The van der Waals surface area contributed by atoms with Crippen molar-refractivity contribution in [1.29, 1.82) is 0 Å². The van der Waals surface area contributed by atoms with Gasteiger partial charge in [-0.1, -0.05) is 0 Å². The van der Waals surface area contributed by atoms with Gasteiger partial charge >= 0.3 is 0 Å². The van der Waals surface area contributed by atoms with Crippen LogP contribution in [0.3, 0.4) is 0 Å². The predicted octanol–water partition coefficient (Wildman–Crippen LogP) is 1.66. The van der Waals surface area contributed by atoms with Gasteiger partial charge in [-0.05, 0) is 19.3 Å². The summed E-state index contributed by atoms with van der Waals surface area (Å²) in [5.74, 6) is 1.63. The Bertz CT molecular complexity index is 780. The second-order valence-corrected chi connectivity index (χ2v) is 7.56. The molecule has 27 heavy (non-hydrogen) atoms. The molecule has 2 aromatic heterocycles. The lowest BCUT2D eigenvalue weighted by Gasteiger charge is -2.48. The number of methoxy groups -OCH3 is 1. The Morgan fingerprint density at radius 3 is 2.96 bits per heavy atom. The van der Waals surface area contributed by atoms with Crippen LogP contribution in [0.1, 0.15) is 31.4 Å². The molecule has 2 saturated heterocycles. The zero-order valence-electron chi connectivity index (χ0n) is 15.7. The minimum Gasteiger partial charge on any atom is -0.478 e. The molecule has 0 aromatic carbocycles. The van der Waals surface area contributed by atoms with Crippen molar-refractivity contribution in [3.63, 3.8) is 0 Å². The summed E-state index contributed by atoms with van der Waals surface area (Å²) in [4.78, 5) is 32.7. The van der Waals surface area contributed by atoms with Crippen LogP contribution in [0.5, 0.6) is 5.88 Å². The van der Waals surface area contributed by atoms with E-state index in [4.69, 9.17) is 4.74 Å². The highest BCUT2D eigenvalue weighted by Gasteiger charge is 2.42. The van der Waals surface area contributed by atoms with Gasteiger partial charge in [-0.3, -0.25) is 4.79 Å². The van der Waals surface area contributed by atoms with E-state index in [9.17, 15) is 4.79 Å². The topological polar surface area (TPSA) is 87.2 Å². The van der Waals surface area contributed by atoms with E-state index in [1.165, 1.54) is 0 Å². The van der Waals surface area contributed by atoms with Crippen LogP contribution in [-0.4, -0.2) is 64.0 Å². The summed E-state index contributed by atoms with van der Waals surface area (Å²) in [5, 5.41) is 0. The molecular formula is C19H26N6O2. The summed E-state index contributed by atoms with van der Waals surface area (Å²) < 4.78 is 5.40. The first-order valence-electron chi connectivity index (χ1n) is 9.54. The quantitative estimate of drug-likeness (QED) is 0.861. The number of H-pyrrole nitrogens is 1. The molecule has 1 amide bonds. The van der Waals surface area contributed by atoms with Crippen LogP contribution in [0, 0.1) is 5.41 Å². The molecule has 1 N–H and O–H groups in total. The molecule has 2 aliphatic heterocycles. The van der Waals surface area contributed by atoms with Crippen molar-refractivity contribution < 1.29 is 9.53 Å². The van der Waals surface area contributed by atoms with Gasteiger partial charge < -0.3 is 19.5 Å². The monoisotopic (exact) mass is 370 g/mol. The van der Waals surface area contributed by atoms with E-state index in [1.807, 2.05) is 11.1 Å². The fourth-order valence-electron chi connectivity index (χ4n) is 4.38. The van der Waals surface area contributed by atoms with Crippen LogP contribution < -0.4 is 9.64 Å². The molecule has 1 spiro atoms. The first-order chi connectivity index (χ1) is 13.2. The van der Waals surface area contributed by atoms with E-state index >= 15 is 0 Å². The normalized spacial score (nSPS) is 23.1. The fourth-order valence-corrected chi connectivity index (χ4v) is 4.38. The summed E-state index contributed by atoms with van der Waals surface area (Å²) in [5.41, 5.74) is 1.18. The number of imidazole rings is 1. The first kappa shape index (κ1) is 17.8. The molecule has 0 radical (unpaired) electrons. The minimum absolute atomic E-state index is 0.114. The van der Waals surface area contributed by atoms with E-state index in [-0.39, 0.29) is 11.3 Å². The molecule has 2 aliphatic rings. The number of nitrogens with one attached hydrogen (secondary N) is 1. The Hall–Kier alpha value is -2.64. The van der Waals surface area contributed by atoms with E-state index < -0.39 is 0 Å². The number of hydrogen-bond donors (Lipinski definition) is 1. The maximum absolute atomic E-state index is 12.5. The van der Waals surface area contributed by atoms with Crippen LogP contribution >= 0.6 is 0 Å². The van der Waals surface area contributed by atoms with Crippen molar-refractivity contribution in [2.24, 2.45) is 5.41 Å². The second kappa shape index (κ2) is 7.54. The van der Waals surface area contributed by atoms with Gasteiger partial charge in [0.2, 0.25) is 5.91 Å². The molecule has 2 fully saturated rings. The van der Waals surface area contributed by atoms with Gasteiger partial charge in [-0.25, -0.2) is 15.0 Å². The molecule has 1 atom stereocenters. The number of hydrogen-bond acceptors (Lipinski definition) is 6. The Kier molecular flexibility index (Phi) is 4.96. The van der Waals surface area contributed by atoms with E-state index in [0.717, 1.165) is 63.4 Å². The average molecular weight is 370 g/mol. The third kappa shape index (κ3) is 3.74. The largest absolute Gasteiger partial charge is 0.478 e. The standard InChI is InChI=1S/C19H26N6O2/c1-27-18-17(21-7-8-22-18)25-9-2-5-19(13-25)6-3-16(26)24(12-19)10-4-15-11-20-14-23-15/h7-8,11,14H,2-6,9-10,12-13H2,1H3,(H,20,23). The van der Waals surface area contributed by atoms with Gasteiger partial charge in [0.05, 0.1) is 13.4 Å². The number of ether oxygens (including phenoxy) is 1. The van der Waals surface area contributed by atoms with Crippen molar-refractivity contribution in [3.05, 3.63) is 30.6 Å². The zero-order chi connectivity index (χ0) is 18.7. The van der Waals surface area contributed by atoms with E-state index in [0.29, 0.717) is 12.3 Å². The molecule has 0 bridgehead atoms. The lowest BCUT2D eigenvalue weighted by molar-refractivity contribution is -0.137. The lowest BCUT2D eigenvalue weighted by Crippen LogP contribution is -2.54. The molecular weight excluding hydrogens is 344 g/mol. The maximum atomic E-state index is 12.5. The zero-order valence-corrected chi connectivity index (χ0v) is 15.7. The maximum Gasteiger partial charge on any atom is 0.257 e. The molecule has 1 unspecified atom stereocenters. The molecule has 4 rings (SSSR count). The molecule has 0 aliphatic carbocycles. The van der Waals surface area contributed by atoms with Crippen LogP contribution in [0.2, 0.25) is 0 Å². The summed E-state index contributed by atoms with van der Waals surface area (Å²) in [6, 6.07) is 0. The number of carbonyl (C=O) groups is 1. The summed E-state index contributed by atoms with van der Waals surface area (Å²) >= 11 is 0. The van der Waals surface area contributed by atoms with Crippen LogP contribution in [-0.2, 0) is 11.2 Å². The third-order valence-electron chi connectivity index (χ3n) is 5.75. The summed E-state index contributed by atoms with van der Waals surface area (Å²) in [6.07, 6.45) is 11.5. The summed E-state index contributed by atoms with van der Waals surface area (Å²) in [7, 11) is 1.63. The average Bonchev–Trinajstić information content (AvgIpc) is 3.23. The number of rotatable bonds is 5. The van der Waals surface area contributed by atoms with E-state index in [1.54, 1.807) is 25.8 Å². The lowest BCUT2D eigenvalue weighted by atomic mass is 9.73. The van der Waals surface area contributed by atoms with Crippen molar-refractivity contribution in [1.82, 2.24) is 24.8 Å². The number of nitrogens with zero attached hydrogens (tertiary/aromatic N) is 5. The van der Waals surface area contributed by atoms with Crippen molar-refractivity contribution in [2.75, 3.05) is 38.2 Å². The molecule has 8 heteroatoms. The van der Waals surface area contributed by atoms with Gasteiger partial charge in [0.1, 0.15) is 0 Å². The fraction of sp³-hybridized carbons (Fsp3) is 0.579. The highest BCUT2D eigenvalue weighted by molar-refractivity contribution is 5.77. The van der Waals surface area contributed by atoms with Gasteiger partial charge in [0, 0.05) is 68.7 Å². The number of aromatic amines is 1. The van der Waals surface area contributed by atoms with Gasteiger partial charge in [-0.15, -0.1) is 0 Å². The number of likely N-dealkylation sites (tertiary alicyclic amines) is 1. The highest BCUT2D eigenvalue weighted by Crippen LogP contribution is 2.41. The molecule has 0 saturated carbocycles. The van der Waals surface area contributed by atoms with Crippen molar-refractivity contribution in [3.8, 4) is 5.88 Å². The Morgan fingerprint density at radius 2 is 2.15 bits per heavy atom. The second-order valence-electron chi connectivity index (χ2n) is 7.56. The van der Waals surface area contributed by atoms with Crippen LogP contribution in [0.25, 0.3) is 0 Å². The predicted molar refractivity (Wildman–Crippen MR) is 101 cm³/mol. The smallest absolute Gasteiger partial charge is 0.257 e. The van der Waals surface area contributed by atoms with Crippen molar-refractivity contribution in [2.45, 2.75) is 32.1 Å². The Balaban J connectivity index is 1.47. The third-order valence-corrected chi connectivity index (χ3v) is 5.75. The van der Waals surface area contributed by atoms with Crippen molar-refractivity contribution >= 4 is 11.7 Å². The molecule has 144 valence electrons. The number of carbonyl (C=O) groups excluding carboxylic acids is 1. The number of anilines is 1. The van der Waals surface area contributed by atoms with Gasteiger partial charge in [-0.2, -0.15) is 0 Å². The first-order valence-corrected chi connectivity index (χ1v) is 9.54. The number of amides is 1. The summed E-state index contributed by atoms with van der Waals surface area (Å²) in [6.45, 7) is 3.37.